The lowest BCUT2D eigenvalue weighted by molar-refractivity contribution is 0.0855. The second-order valence-electron chi connectivity index (χ2n) is 7.24. The minimum atomic E-state index is 0.707. The largest absolute Gasteiger partial charge is 0.314 e. The van der Waals surface area contributed by atoms with Crippen LogP contribution in [0.15, 0.2) is 0 Å². The average molecular weight is 280 g/mol. The fourth-order valence-electron chi connectivity index (χ4n) is 4.16. The van der Waals surface area contributed by atoms with Gasteiger partial charge in [0.15, 0.2) is 0 Å². The van der Waals surface area contributed by atoms with Crippen molar-refractivity contribution in [1.29, 1.82) is 0 Å². The van der Waals surface area contributed by atoms with Crippen molar-refractivity contribution in [2.45, 2.75) is 77.7 Å². The van der Waals surface area contributed by atoms with Gasteiger partial charge in [-0.25, -0.2) is 0 Å². The van der Waals surface area contributed by atoms with Crippen LogP contribution in [0, 0.1) is 11.8 Å². The van der Waals surface area contributed by atoms with Crippen LogP contribution in [0.5, 0.6) is 0 Å². The standard InChI is InChI=1S/C18H36N2/c1-3-12-19-16(2)8-6-7-13-20-14-11-17-9-4-5-10-18(17)15-20/h16-19H,3-15H2,1-2H3. The zero-order valence-electron chi connectivity index (χ0n) is 13.9. The van der Waals surface area contributed by atoms with Crippen LogP contribution in [0.4, 0.5) is 0 Å². The molecule has 2 nitrogen and oxygen atoms in total. The first-order valence-electron chi connectivity index (χ1n) is 9.25. The van der Waals surface area contributed by atoms with E-state index in [2.05, 4.69) is 24.1 Å². The maximum Gasteiger partial charge on any atom is 0.00387 e. The highest BCUT2D eigenvalue weighted by Gasteiger charge is 2.30. The minimum absolute atomic E-state index is 0.707. The fourth-order valence-corrected chi connectivity index (χ4v) is 4.16. The van der Waals surface area contributed by atoms with Crippen LogP contribution < -0.4 is 5.32 Å². The number of hydrogen-bond acceptors (Lipinski definition) is 2. The Bertz CT molecular complexity index is 254. The van der Waals surface area contributed by atoms with E-state index in [4.69, 9.17) is 0 Å². The smallest absolute Gasteiger partial charge is 0.00387 e. The van der Waals surface area contributed by atoms with Gasteiger partial charge in [-0.05, 0) is 70.5 Å². The lowest BCUT2D eigenvalue weighted by Gasteiger charge is -2.41. The van der Waals surface area contributed by atoms with Gasteiger partial charge in [0.05, 0.1) is 0 Å². The number of fused-ring (bicyclic) bond motifs is 1. The van der Waals surface area contributed by atoms with Crippen molar-refractivity contribution in [3.05, 3.63) is 0 Å². The summed E-state index contributed by atoms with van der Waals surface area (Å²) in [7, 11) is 0. The van der Waals surface area contributed by atoms with E-state index in [0.717, 1.165) is 11.8 Å². The lowest BCUT2D eigenvalue weighted by atomic mass is 9.75. The Morgan fingerprint density at radius 1 is 1.10 bits per heavy atom. The molecule has 0 bridgehead atoms. The van der Waals surface area contributed by atoms with Crippen molar-refractivity contribution in [3.8, 4) is 0 Å². The SMILES string of the molecule is CCCNC(C)CCCCN1CCC2CCCCC2C1. The summed E-state index contributed by atoms with van der Waals surface area (Å²) in [4.78, 5) is 2.76. The molecule has 2 rings (SSSR count). The van der Waals surface area contributed by atoms with Crippen LogP contribution in [-0.4, -0.2) is 37.1 Å². The molecule has 2 heteroatoms. The zero-order valence-corrected chi connectivity index (χ0v) is 13.9. The lowest BCUT2D eigenvalue weighted by Crippen LogP contribution is -2.42. The van der Waals surface area contributed by atoms with Crippen molar-refractivity contribution in [2.24, 2.45) is 11.8 Å². The van der Waals surface area contributed by atoms with E-state index in [1.165, 1.54) is 84.0 Å². The third-order valence-electron chi connectivity index (χ3n) is 5.48. The number of rotatable bonds is 8. The molecule has 2 aliphatic rings. The summed E-state index contributed by atoms with van der Waals surface area (Å²) in [6.45, 7) is 9.90. The number of piperidine rings is 1. The number of nitrogens with one attached hydrogen (secondary N) is 1. The van der Waals surface area contributed by atoms with E-state index >= 15 is 0 Å². The summed E-state index contributed by atoms with van der Waals surface area (Å²) in [5.41, 5.74) is 0. The van der Waals surface area contributed by atoms with Crippen LogP contribution in [0.1, 0.15) is 71.6 Å². The number of likely N-dealkylation sites (tertiary alicyclic amines) is 1. The number of nitrogens with zero attached hydrogens (tertiary/aromatic N) is 1. The highest BCUT2D eigenvalue weighted by Crippen LogP contribution is 2.35. The van der Waals surface area contributed by atoms with Crippen LogP contribution in [0.25, 0.3) is 0 Å². The predicted molar refractivity (Wildman–Crippen MR) is 88.1 cm³/mol. The number of hydrogen-bond donors (Lipinski definition) is 1. The molecular formula is C18H36N2. The van der Waals surface area contributed by atoms with E-state index < -0.39 is 0 Å². The summed E-state index contributed by atoms with van der Waals surface area (Å²) < 4.78 is 0. The molecule has 118 valence electrons. The van der Waals surface area contributed by atoms with Gasteiger partial charge in [-0.1, -0.05) is 32.6 Å². The first kappa shape index (κ1) is 16.3. The summed E-state index contributed by atoms with van der Waals surface area (Å²) in [6, 6.07) is 0.707. The summed E-state index contributed by atoms with van der Waals surface area (Å²) in [5.74, 6) is 2.13. The Morgan fingerprint density at radius 2 is 1.90 bits per heavy atom. The second-order valence-corrected chi connectivity index (χ2v) is 7.24. The quantitative estimate of drug-likeness (QED) is 0.675. The van der Waals surface area contributed by atoms with E-state index in [0.29, 0.717) is 6.04 Å². The van der Waals surface area contributed by atoms with Gasteiger partial charge in [-0.3, -0.25) is 0 Å². The molecular weight excluding hydrogens is 244 g/mol. The number of unbranched alkanes of at least 4 members (excludes halogenated alkanes) is 1. The van der Waals surface area contributed by atoms with Gasteiger partial charge in [0, 0.05) is 12.6 Å². The van der Waals surface area contributed by atoms with E-state index in [-0.39, 0.29) is 0 Å². The molecule has 0 amide bonds. The van der Waals surface area contributed by atoms with Gasteiger partial charge in [-0.15, -0.1) is 0 Å². The summed E-state index contributed by atoms with van der Waals surface area (Å²) in [5, 5.41) is 3.59. The first-order chi connectivity index (χ1) is 9.79. The predicted octanol–water partition coefficient (Wildman–Crippen LogP) is 4.06. The van der Waals surface area contributed by atoms with Gasteiger partial charge in [0.2, 0.25) is 0 Å². The van der Waals surface area contributed by atoms with Crippen LogP contribution in [0.2, 0.25) is 0 Å². The maximum absolute atomic E-state index is 3.59. The minimum Gasteiger partial charge on any atom is -0.314 e. The monoisotopic (exact) mass is 280 g/mol. The Kier molecular flexibility index (Phi) is 7.37. The Labute approximate surface area is 126 Å². The average Bonchev–Trinajstić information content (AvgIpc) is 2.49. The molecule has 1 saturated carbocycles. The van der Waals surface area contributed by atoms with Crippen molar-refractivity contribution in [2.75, 3.05) is 26.2 Å². The maximum atomic E-state index is 3.59. The molecule has 0 aromatic heterocycles. The molecule has 0 aromatic rings. The van der Waals surface area contributed by atoms with Gasteiger partial charge in [0.25, 0.3) is 0 Å². The molecule has 2 fully saturated rings. The Balaban J connectivity index is 1.53. The Morgan fingerprint density at radius 3 is 2.70 bits per heavy atom. The molecule has 3 atom stereocenters. The van der Waals surface area contributed by atoms with Crippen LogP contribution >= 0.6 is 0 Å². The molecule has 3 unspecified atom stereocenters. The molecule has 1 aliphatic heterocycles. The fraction of sp³-hybridized carbons (Fsp3) is 1.00. The highest BCUT2D eigenvalue weighted by molar-refractivity contribution is 4.83. The van der Waals surface area contributed by atoms with E-state index in [9.17, 15) is 0 Å². The highest BCUT2D eigenvalue weighted by atomic mass is 15.1. The van der Waals surface area contributed by atoms with Crippen molar-refractivity contribution < 1.29 is 0 Å². The molecule has 1 N–H and O–H groups in total. The van der Waals surface area contributed by atoms with Gasteiger partial charge in [0.1, 0.15) is 0 Å². The molecule has 0 radical (unpaired) electrons. The van der Waals surface area contributed by atoms with Crippen molar-refractivity contribution in [1.82, 2.24) is 10.2 Å². The van der Waals surface area contributed by atoms with E-state index in [1.807, 2.05) is 0 Å². The van der Waals surface area contributed by atoms with Crippen LogP contribution in [0.3, 0.4) is 0 Å². The van der Waals surface area contributed by atoms with Crippen molar-refractivity contribution >= 4 is 0 Å². The summed E-state index contributed by atoms with van der Waals surface area (Å²) >= 11 is 0. The van der Waals surface area contributed by atoms with E-state index in [1.54, 1.807) is 0 Å². The molecule has 20 heavy (non-hydrogen) atoms. The first-order valence-corrected chi connectivity index (χ1v) is 9.25. The Hall–Kier alpha value is -0.0800. The van der Waals surface area contributed by atoms with Gasteiger partial charge < -0.3 is 10.2 Å². The third kappa shape index (κ3) is 5.37. The molecule has 1 aliphatic carbocycles. The molecule has 0 spiro atoms. The molecule has 1 heterocycles. The van der Waals surface area contributed by atoms with Gasteiger partial charge >= 0.3 is 0 Å². The zero-order chi connectivity index (χ0) is 14.2. The summed E-state index contributed by atoms with van der Waals surface area (Å²) in [6.07, 6.45) is 12.9. The molecule has 1 saturated heterocycles. The third-order valence-corrected chi connectivity index (χ3v) is 5.48. The van der Waals surface area contributed by atoms with Crippen LogP contribution in [-0.2, 0) is 0 Å². The normalized spacial score (nSPS) is 29.1. The second kappa shape index (κ2) is 9.04. The van der Waals surface area contributed by atoms with Gasteiger partial charge in [-0.2, -0.15) is 0 Å². The topological polar surface area (TPSA) is 15.3 Å². The molecule has 0 aromatic carbocycles. The van der Waals surface area contributed by atoms with Crippen molar-refractivity contribution in [3.63, 3.8) is 0 Å².